The summed E-state index contributed by atoms with van der Waals surface area (Å²) in [4.78, 5) is 12.1. The molecule has 0 aromatic heterocycles. The van der Waals surface area contributed by atoms with E-state index in [4.69, 9.17) is 13.6 Å². The number of hydrogen-bond acceptors (Lipinski definition) is 4. The predicted molar refractivity (Wildman–Crippen MR) is 129 cm³/mol. The Morgan fingerprint density at radius 1 is 0.931 bits per heavy atom. The van der Waals surface area contributed by atoms with Gasteiger partial charge in [-0.1, -0.05) is 48.5 Å². The molecule has 0 aromatic rings. The van der Waals surface area contributed by atoms with Gasteiger partial charge in [-0.3, -0.25) is 0 Å². The molecule has 0 rings (SSSR count). The maximum Gasteiger partial charge on any atom is 0.334 e. The molecule has 0 heterocycles. The zero-order chi connectivity index (χ0) is 23.1. The molecule has 0 aliphatic rings. The summed E-state index contributed by atoms with van der Waals surface area (Å²) in [6.45, 7) is 26.9. The van der Waals surface area contributed by atoms with Gasteiger partial charge in [0.05, 0.1) is 18.4 Å². The van der Waals surface area contributed by atoms with Gasteiger partial charge in [-0.25, -0.2) is 4.79 Å². The maximum absolute atomic E-state index is 12.1. The van der Waals surface area contributed by atoms with Crippen molar-refractivity contribution in [3.63, 3.8) is 0 Å². The Kier molecular flexibility index (Phi) is 10.9. The van der Waals surface area contributed by atoms with Crippen molar-refractivity contribution in [2.75, 3.05) is 6.61 Å². The largest absolute Gasteiger partial charge is 0.546 e. The van der Waals surface area contributed by atoms with Crippen LogP contribution in [0, 0.1) is 0 Å². The highest BCUT2D eigenvalue weighted by atomic mass is 28.4. The standard InChI is InChI=1S/C23H48O4Si2/c1-13-19(26-28(9,10)22(3,4)5)16-15-17-20(18-21(24)25-14-2)27-29(11,12)23(6,7)8/h18-19H,13-17H2,1-12H3/b20-18-. The summed E-state index contributed by atoms with van der Waals surface area (Å²) in [5.41, 5.74) is 0. The summed E-state index contributed by atoms with van der Waals surface area (Å²) < 4.78 is 18.2. The molecule has 0 saturated heterocycles. The normalized spacial score (nSPS) is 15.2. The third-order valence-corrected chi connectivity index (χ3v) is 15.3. The summed E-state index contributed by atoms with van der Waals surface area (Å²) in [7, 11) is -3.79. The molecule has 1 unspecified atom stereocenters. The molecule has 29 heavy (non-hydrogen) atoms. The van der Waals surface area contributed by atoms with Crippen molar-refractivity contribution >= 4 is 22.6 Å². The molecule has 1 atom stereocenters. The summed E-state index contributed by atoms with van der Waals surface area (Å²) in [5, 5.41) is 0.291. The van der Waals surface area contributed by atoms with Crippen LogP contribution in [0.3, 0.4) is 0 Å². The molecule has 4 nitrogen and oxygen atoms in total. The lowest BCUT2D eigenvalue weighted by Gasteiger charge is -2.39. The van der Waals surface area contributed by atoms with Crippen LogP contribution < -0.4 is 0 Å². The number of carbonyl (C=O) groups excluding carboxylic acids is 1. The molecule has 0 N–H and O–H groups in total. The molecule has 0 spiro atoms. The van der Waals surface area contributed by atoms with Gasteiger partial charge in [-0.05, 0) is 62.5 Å². The Morgan fingerprint density at radius 3 is 1.86 bits per heavy atom. The van der Waals surface area contributed by atoms with Gasteiger partial charge in [0, 0.05) is 12.5 Å². The minimum absolute atomic E-state index is 0.0815. The number of carbonyl (C=O) groups is 1. The number of ether oxygens (including phenoxy) is 1. The van der Waals surface area contributed by atoms with E-state index < -0.39 is 16.6 Å². The topological polar surface area (TPSA) is 44.8 Å². The fourth-order valence-electron chi connectivity index (χ4n) is 2.39. The number of hydrogen-bond donors (Lipinski definition) is 0. The van der Waals surface area contributed by atoms with Gasteiger partial charge in [-0.15, -0.1) is 0 Å². The number of allylic oxidation sites excluding steroid dienone is 1. The minimum Gasteiger partial charge on any atom is -0.546 e. The Labute approximate surface area is 183 Å². The first-order valence-electron chi connectivity index (χ1n) is 11.2. The van der Waals surface area contributed by atoms with Crippen molar-refractivity contribution in [1.82, 2.24) is 0 Å². The zero-order valence-corrected chi connectivity index (χ0v) is 23.3. The van der Waals surface area contributed by atoms with Crippen LogP contribution in [0.1, 0.15) is 81.1 Å². The van der Waals surface area contributed by atoms with Gasteiger partial charge in [-0.2, -0.15) is 0 Å². The van der Waals surface area contributed by atoms with Crippen molar-refractivity contribution in [3.8, 4) is 0 Å². The first-order chi connectivity index (χ1) is 13.0. The summed E-state index contributed by atoms with van der Waals surface area (Å²) in [6.07, 6.45) is 5.47. The molecule has 172 valence electrons. The van der Waals surface area contributed by atoms with E-state index in [-0.39, 0.29) is 22.1 Å². The van der Waals surface area contributed by atoms with Gasteiger partial charge in [0.2, 0.25) is 8.32 Å². The molecule has 0 radical (unpaired) electrons. The Morgan fingerprint density at radius 2 is 1.45 bits per heavy atom. The quantitative estimate of drug-likeness (QED) is 0.144. The monoisotopic (exact) mass is 444 g/mol. The van der Waals surface area contributed by atoms with E-state index in [9.17, 15) is 4.79 Å². The Hall–Kier alpha value is -0.596. The lowest BCUT2D eigenvalue weighted by atomic mass is 10.1. The van der Waals surface area contributed by atoms with Crippen LogP contribution in [0.2, 0.25) is 36.3 Å². The lowest BCUT2D eigenvalue weighted by Crippen LogP contribution is -2.43. The maximum atomic E-state index is 12.1. The van der Waals surface area contributed by atoms with Crippen molar-refractivity contribution < 1.29 is 18.4 Å². The van der Waals surface area contributed by atoms with Crippen LogP contribution >= 0.6 is 0 Å². The van der Waals surface area contributed by atoms with E-state index in [0.717, 1.165) is 31.4 Å². The van der Waals surface area contributed by atoms with Crippen LogP contribution in [0.15, 0.2) is 11.8 Å². The summed E-state index contributed by atoms with van der Waals surface area (Å²) >= 11 is 0. The molecule has 0 amide bonds. The van der Waals surface area contributed by atoms with Gasteiger partial charge in [0.15, 0.2) is 8.32 Å². The van der Waals surface area contributed by atoms with Crippen molar-refractivity contribution in [2.24, 2.45) is 0 Å². The smallest absolute Gasteiger partial charge is 0.334 e. The SMILES string of the molecule is CCOC(=O)/C=C(/CCCC(CC)O[Si](C)(C)C(C)(C)C)O[Si](C)(C)C(C)(C)C. The first kappa shape index (κ1) is 28.4. The fourth-order valence-corrected chi connectivity index (χ4v) is 4.99. The number of esters is 1. The predicted octanol–water partition coefficient (Wildman–Crippen LogP) is 7.43. The van der Waals surface area contributed by atoms with E-state index in [1.54, 1.807) is 6.08 Å². The first-order valence-corrected chi connectivity index (χ1v) is 17.0. The highest BCUT2D eigenvalue weighted by molar-refractivity contribution is 6.74. The highest BCUT2D eigenvalue weighted by Crippen LogP contribution is 2.39. The van der Waals surface area contributed by atoms with Gasteiger partial charge in [0.1, 0.15) is 0 Å². The van der Waals surface area contributed by atoms with Gasteiger partial charge >= 0.3 is 5.97 Å². The van der Waals surface area contributed by atoms with Crippen molar-refractivity contribution in [1.29, 1.82) is 0 Å². The third kappa shape index (κ3) is 9.84. The zero-order valence-electron chi connectivity index (χ0n) is 21.3. The van der Waals surface area contributed by atoms with Crippen LogP contribution in [0.25, 0.3) is 0 Å². The molecular weight excluding hydrogens is 396 g/mol. The Balaban J connectivity index is 5.16. The Bertz CT molecular complexity index is 540. The molecule has 0 fully saturated rings. The van der Waals surface area contributed by atoms with E-state index in [1.165, 1.54) is 0 Å². The van der Waals surface area contributed by atoms with E-state index in [0.29, 0.717) is 6.61 Å². The van der Waals surface area contributed by atoms with Crippen LogP contribution in [-0.2, 0) is 18.4 Å². The third-order valence-electron chi connectivity index (χ3n) is 6.43. The number of rotatable bonds is 11. The van der Waals surface area contributed by atoms with E-state index in [2.05, 4.69) is 74.7 Å². The molecule has 6 heteroatoms. The second-order valence-electron chi connectivity index (χ2n) is 11.0. The summed E-state index contributed by atoms with van der Waals surface area (Å²) in [5.74, 6) is 0.447. The van der Waals surface area contributed by atoms with Gasteiger partial charge < -0.3 is 13.6 Å². The molecule has 0 aliphatic carbocycles. The lowest BCUT2D eigenvalue weighted by molar-refractivity contribution is -0.137. The van der Waals surface area contributed by atoms with E-state index >= 15 is 0 Å². The molecule has 0 saturated carbocycles. The minimum atomic E-state index is -2.01. The molecule has 0 bridgehead atoms. The molecule has 0 aromatic carbocycles. The average Bonchev–Trinajstić information content (AvgIpc) is 2.51. The molecular formula is C23H48O4Si2. The molecule has 0 aliphatic heterocycles. The second kappa shape index (κ2) is 11.1. The van der Waals surface area contributed by atoms with Crippen LogP contribution in [-0.4, -0.2) is 35.3 Å². The second-order valence-corrected chi connectivity index (χ2v) is 20.5. The fraction of sp³-hybridized carbons (Fsp3) is 0.870. The van der Waals surface area contributed by atoms with Crippen molar-refractivity contribution in [3.05, 3.63) is 11.8 Å². The average molecular weight is 445 g/mol. The van der Waals surface area contributed by atoms with Crippen LogP contribution in [0.5, 0.6) is 0 Å². The van der Waals surface area contributed by atoms with E-state index in [1.807, 2.05) is 6.92 Å². The van der Waals surface area contributed by atoms with Crippen LogP contribution in [0.4, 0.5) is 0 Å². The summed E-state index contributed by atoms with van der Waals surface area (Å²) in [6, 6.07) is 0. The van der Waals surface area contributed by atoms with Crippen molar-refractivity contribution in [2.45, 2.75) is 123 Å². The van der Waals surface area contributed by atoms with Gasteiger partial charge in [0.25, 0.3) is 0 Å². The highest BCUT2D eigenvalue weighted by Gasteiger charge is 2.40.